The van der Waals surface area contributed by atoms with E-state index in [-0.39, 0.29) is 11.8 Å². The third kappa shape index (κ3) is 2.46. The molecule has 1 N–H and O–H groups in total. The van der Waals surface area contributed by atoms with Crippen molar-refractivity contribution in [3.63, 3.8) is 0 Å². The van der Waals surface area contributed by atoms with Crippen LogP contribution in [0.25, 0.3) is 9.88 Å². The van der Waals surface area contributed by atoms with E-state index in [2.05, 4.69) is 4.98 Å². The van der Waals surface area contributed by atoms with Gasteiger partial charge in [-0.25, -0.2) is 9.78 Å². The molecule has 2 aliphatic rings. The van der Waals surface area contributed by atoms with Gasteiger partial charge in [0, 0.05) is 6.54 Å². The SMILES string of the molecule is Cc1nc(-c2cccs2)sc1C(=O)N1CC2CCCC2C1C(=O)O. The predicted molar refractivity (Wildman–Crippen MR) is 93.5 cm³/mol. The van der Waals surface area contributed by atoms with Crippen LogP contribution in [0.2, 0.25) is 0 Å². The second-order valence-electron chi connectivity index (χ2n) is 6.51. The molecule has 2 aromatic heterocycles. The molecular weight excluding hydrogens is 344 g/mol. The fourth-order valence-electron chi connectivity index (χ4n) is 4.06. The highest BCUT2D eigenvalue weighted by Gasteiger charge is 2.50. The number of carbonyl (C=O) groups is 2. The Labute approximate surface area is 148 Å². The first-order valence-corrected chi connectivity index (χ1v) is 9.81. The molecule has 0 spiro atoms. The standard InChI is InChI=1S/C17H18N2O3S2/c1-9-14(24-15(18-9)12-6-3-7-23-12)16(20)19-8-10-4-2-5-11(10)13(19)17(21)22/h3,6-7,10-11,13H,2,4-5,8H2,1H3,(H,21,22). The first-order chi connectivity index (χ1) is 11.6. The predicted octanol–water partition coefficient (Wildman–Crippen LogP) is 3.51. The lowest BCUT2D eigenvalue weighted by atomic mass is 9.94. The number of hydrogen-bond acceptors (Lipinski definition) is 5. The maximum Gasteiger partial charge on any atom is 0.326 e. The van der Waals surface area contributed by atoms with Gasteiger partial charge in [-0.1, -0.05) is 12.5 Å². The van der Waals surface area contributed by atoms with Gasteiger partial charge in [0.1, 0.15) is 15.9 Å². The molecule has 1 aliphatic carbocycles. The van der Waals surface area contributed by atoms with Crippen molar-refractivity contribution in [3.05, 3.63) is 28.1 Å². The normalized spacial score (nSPS) is 25.9. The zero-order chi connectivity index (χ0) is 16.8. The number of aliphatic carboxylic acids is 1. The van der Waals surface area contributed by atoms with E-state index in [4.69, 9.17) is 0 Å². The zero-order valence-electron chi connectivity index (χ0n) is 13.3. The number of rotatable bonds is 3. The van der Waals surface area contributed by atoms with Crippen LogP contribution in [0.3, 0.4) is 0 Å². The molecule has 1 aliphatic heterocycles. The quantitative estimate of drug-likeness (QED) is 0.907. The van der Waals surface area contributed by atoms with Crippen molar-refractivity contribution in [3.8, 4) is 9.88 Å². The molecule has 0 radical (unpaired) electrons. The molecule has 24 heavy (non-hydrogen) atoms. The summed E-state index contributed by atoms with van der Waals surface area (Å²) in [5.74, 6) is -0.607. The van der Waals surface area contributed by atoms with Gasteiger partial charge in [-0.3, -0.25) is 4.79 Å². The van der Waals surface area contributed by atoms with E-state index in [0.717, 1.165) is 29.1 Å². The highest BCUT2D eigenvalue weighted by molar-refractivity contribution is 7.22. The summed E-state index contributed by atoms with van der Waals surface area (Å²) in [7, 11) is 0. The minimum absolute atomic E-state index is 0.108. The van der Waals surface area contributed by atoms with Crippen LogP contribution < -0.4 is 0 Å². The van der Waals surface area contributed by atoms with Crippen LogP contribution in [0.5, 0.6) is 0 Å². The lowest BCUT2D eigenvalue weighted by Crippen LogP contribution is -2.43. The summed E-state index contributed by atoms with van der Waals surface area (Å²) in [6.45, 7) is 2.39. The van der Waals surface area contributed by atoms with Crippen LogP contribution in [0, 0.1) is 18.8 Å². The Morgan fingerprint density at radius 3 is 2.92 bits per heavy atom. The molecular formula is C17H18N2O3S2. The number of carboxylic acids is 1. The largest absolute Gasteiger partial charge is 0.480 e. The molecule has 3 heterocycles. The molecule has 7 heteroatoms. The van der Waals surface area contributed by atoms with E-state index >= 15 is 0 Å². The van der Waals surface area contributed by atoms with Crippen molar-refractivity contribution < 1.29 is 14.7 Å². The number of nitrogens with zero attached hydrogens (tertiary/aromatic N) is 2. The van der Waals surface area contributed by atoms with Crippen LogP contribution in [0.15, 0.2) is 17.5 Å². The van der Waals surface area contributed by atoms with Crippen molar-refractivity contribution in [2.45, 2.75) is 32.2 Å². The number of amides is 1. The van der Waals surface area contributed by atoms with Crippen molar-refractivity contribution >= 4 is 34.6 Å². The van der Waals surface area contributed by atoms with Gasteiger partial charge in [0.05, 0.1) is 10.6 Å². The van der Waals surface area contributed by atoms with Crippen LogP contribution in [0.4, 0.5) is 0 Å². The molecule has 1 saturated heterocycles. The summed E-state index contributed by atoms with van der Waals surface area (Å²) in [4.78, 5) is 32.5. The molecule has 1 amide bonds. The van der Waals surface area contributed by atoms with Crippen LogP contribution >= 0.6 is 22.7 Å². The van der Waals surface area contributed by atoms with Gasteiger partial charge in [0.15, 0.2) is 0 Å². The molecule has 5 nitrogen and oxygen atoms in total. The molecule has 3 atom stereocenters. The van der Waals surface area contributed by atoms with Crippen molar-refractivity contribution in [2.75, 3.05) is 6.54 Å². The maximum atomic E-state index is 13.0. The highest BCUT2D eigenvalue weighted by Crippen LogP contribution is 2.43. The summed E-state index contributed by atoms with van der Waals surface area (Å²) in [6, 6.07) is 3.26. The Bertz CT molecular complexity index is 784. The van der Waals surface area contributed by atoms with Crippen molar-refractivity contribution in [1.82, 2.24) is 9.88 Å². The number of thiophene rings is 1. The van der Waals surface area contributed by atoms with Gasteiger partial charge in [0.25, 0.3) is 5.91 Å². The third-order valence-electron chi connectivity index (χ3n) is 5.13. The van der Waals surface area contributed by atoms with E-state index < -0.39 is 12.0 Å². The minimum Gasteiger partial charge on any atom is -0.480 e. The number of carbonyl (C=O) groups excluding carboxylic acids is 1. The Kier molecular flexibility index (Phi) is 3.92. The molecule has 126 valence electrons. The third-order valence-corrected chi connectivity index (χ3v) is 7.31. The van der Waals surface area contributed by atoms with Crippen molar-refractivity contribution in [2.24, 2.45) is 11.8 Å². The number of thiazole rings is 1. The average Bonchev–Trinajstić information content (AvgIpc) is 3.29. The molecule has 0 bridgehead atoms. The average molecular weight is 362 g/mol. The fraction of sp³-hybridized carbons (Fsp3) is 0.471. The van der Waals surface area contributed by atoms with E-state index in [1.54, 1.807) is 16.2 Å². The molecule has 2 fully saturated rings. The minimum atomic E-state index is -0.876. The van der Waals surface area contributed by atoms with Crippen LogP contribution in [0.1, 0.15) is 34.6 Å². The monoisotopic (exact) mass is 362 g/mol. The topological polar surface area (TPSA) is 70.5 Å². The molecule has 4 rings (SSSR count). The molecule has 3 unspecified atom stereocenters. The lowest BCUT2D eigenvalue weighted by molar-refractivity contribution is -0.142. The van der Waals surface area contributed by atoms with E-state index in [1.807, 2.05) is 24.4 Å². The Balaban J connectivity index is 1.65. The second-order valence-corrected chi connectivity index (χ2v) is 8.45. The fourth-order valence-corrected chi connectivity index (χ4v) is 5.88. The molecule has 2 aromatic rings. The van der Waals surface area contributed by atoms with Crippen molar-refractivity contribution in [1.29, 1.82) is 0 Å². The van der Waals surface area contributed by atoms with E-state index in [1.165, 1.54) is 11.3 Å². The Morgan fingerprint density at radius 1 is 1.38 bits per heavy atom. The number of likely N-dealkylation sites (tertiary alicyclic amines) is 1. The number of hydrogen-bond donors (Lipinski definition) is 1. The number of carboxylic acid groups (broad SMARTS) is 1. The van der Waals surface area contributed by atoms with Gasteiger partial charge in [-0.05, 0) is 43.0 Å². The first-order valence-electron chi connectivity index (χ1n) is 8.11. The number of aryl methyl sites for hydroxylation is 1. The van der Waals surface area contributed by atoms with Gasteiger partial charge in [0.2, 0.25) is 0 Å². The van der Waals surface area contributed by atoms with Gasteiger partial charge >= 0.3 is 5.97 Å². The summed E-state index contributed by atoms with van der Waals surface area (Å²) in [6.07, 6.45) is 3.01. The summed E-state index contributed by atoms with van der Waals surface area (Å²) in [5.41, 5.74) is 0.689. The zero-order valence-corrected chi connectivity index (χ0v) is 14.9. The summed E-state index contributed by atoms with van der Waals surface area (Å²) in [5, 5.41) is 12.5. The Hall–Kier alpha value is -1.73. The number of aromatic nitrogens is 1. The second kappa shape index (κ2) is 5.97. The van der Waals surface area contributed by atoms with Crippen LogP contribution in [-0.4, -0.2) is 39.5 Å². The summed E-state index contributed by atoms with van der Waals surface area (Å²) >= 11 is 2.96. The van der Waals surface area contributed by atoms with E-state index in [9.17, 15) is 14.7 Å². The van der Waals surface area contributed by atoms with Gasteiger partial charge < -0.3 is 10.0 Å². The maximum absolute atomic E-state index is 13.0. The number of fused-ring (bicyclic) bond motifs is 1. The summed E-state index contributed by atoms with van der Waals surface area (Å²) < 4.78 is 0. The van der Waals surface area contributed by atoms with E-state index in [0.29, 0.717) is 23.0 Å². The van der Waals surface area contributed by atoms with Gasteiger partial charge in [-0.15, -0.1) is 22.7 Å². The smallest absolute Gasteiger partial charge is 0.326 e. The lowest BCUT2D eigenvalue weighted by Gasteiger charge is -2.24. The Morgan fingerprint density at radius 2 is 2.21 bits per heavy atom. The molecule has 0 aromatic carbocycles. The van der Waals surface area contributed by atoms with Crippen LogP contribution in [-0.2, 0) is 4.79 Å². The van der Waals surface area contributed by atoms with Gasteiger partial charge in [-0.2, -0.15) is 0 Å². The first kappa shape index (κ1) is 15.8. The highest BCUT2D eigenvalue weighted by atomic mass is 32.1. The molecule has 1 saturated carbocycles.